The zero-order chi connectivity index (χ0) is 31.4. The lowest BCUT2D eigenvalue weighted by Gasteiger charge is -2.45. The summed E-state index contributed by atoms with van der Waals surface area (Å²) in [6.07, 6.45) is -1.74. The smallest absolute Gasteiger partial charge is 0.345 e. The van der Waals surface area contributed by atoms with Gasteiger partial charge in [-0.15, -0.1) is 0 Å². The minimum Gasteiger partial charge on any atom is -0.497 e. The van der Waals surface area contributed by atoms with Crippen LogP contribution >= 0.6 is 0 Å². The number of fused-ring (bicyclic) bond motifs is 3. The van der Waals surface area contributed by atoms with Crippen molar-refractivity contribution in [2.45, 2.75) is 43.7 Å². The highest BCUT2D eigenvalue weighted by Gasteiger charge is 2.68. The number of hydrogen-bond acceptors (Lipinski definition) is 11. The first kappa shape index (κ1) is 31.0. The number of benzene rings is 3. The summed E-state index contributed by atoms with van der Waals surface area (Å²) in [5, 5.41) is 11.2. The normalized spacial score (nSPS) is 25.2. The van der Waals surface area contributed by atoms with Crippen LogP contribution in [0.4, 0.5) is 0 Å². The summed E-state index contributed by atoms with van der Waals surface area (Å²) in [7, 11) is 1.49. The second kappa shape index (κ2) is 12.7. The van der Waals surface area contributed by atoms with E-state index < -0.39 is 47.7 Å². The van der Waals surface area contributed by atoms with Crippen molar-refractivity contribution >= 4 is 17.9 Å². The number of methoxy groups -OCH3 is 1. The monoisotopic (exact) mass is 605 g/mol. The van der Waals surface area contributed by atoms with Crippen molar-refractivity contribution in [2.24, 2.45) is 0 Å². The maximum Gasteiger partial charge on any atom is 0.345 e. The summed E-state index contributed by atoms with van der Waals surface area (Å²) in [5.41, 5.74) is -3.94. The molecule has 0 aliphatic carbocycles. The lowest BCUT2D eigenvalue weighted by atomic mass is 9.75. The highest BCUT2D eigenvalue weighted by atomic mass is 17.2. The third kappa shape index (κ3) is 5.61. The molecule has 44 heavy (non-hydrogen) atoms. The molecule has 2 aliphatic rings. The molecule has 0 spiro atoms. The Morgan fingerprint density at radius 2 is 1.36 bits per heavy atom. The standard InChI is InChI=1S/C33H35NO10/c1-4-34(5-2)19-20-40-27-17-11-24(12-18-27)32(23-9-7-6-8-10-23)33(25-13-15-26(39-3)16-14-25)41-28(35)21-31(38,30(37)42-33)22-29(36)43-44-32/h6-18,38H,4-5,19-22H2,1-3H3. The van der Waals surface area contributed by atoms with Crippen molar-refractivity contribution in [3.8, 4) is 11.5 Å². The molecule has 11 nitrogen and oxygen atoms in total. The summed E-state index contributed by atoms with van der Waals surface area (Å²) in [6.45, 7) is 7.14. The van der Waals surface area contributed by atoms with Gasteiger partial charge in [0.25, 0.3) is 0 Å². The molecule has 2 fully saturated rings. The molecule has 0 amide bonds. The molecule has 3 aromatic carbocycles. The maximum absolute atomic E-state index is 13.7. The van der Waals surface area contributed by atoms with Gasteiger partial charge in [0.05, 0.1) is 20.0 Å². The first-order chi connectivity index (χ1) is 21.2. The minimum absolute atomic E-state index is 0.144. The number of ether oxygens (including phenoxy) is 4. The van der Waals surface area contributed by atoms with Crippen LogP contribution in [0.1, 0.15) is 43.4 Å². The fraction of sp³-hybridized carbons (Fsp3) is 0.364. The van der Waals surface area contributed by atoms with Crippen LogP contribution in [-0.4, -0.2) is 66.9 Å². The molecule has 0 radical (unpaired) electrons. The topological polar surface area (TPSA) is 130 Å². The van der Waals surface area contributed by atoms with Crippen LogP contribution in [0.2, 0.25) is 0 Å². The van der Waals surface area contributed by atoms with Crippen LogP contribution in [0.25, 0.3) is 0 Å². The molecule has 2 aliphatic heterocycles. The molecule has 1 N–H and O–H groups in total. The van der Waals surface area contributed by atoms with E-state index >= 15 is 0 Å². The molecule has 2 saturated heterocycles. The predicted octanol–water partition coefficient (Wildman–Crippen LogP) is 3.61. The number of rotatable bonds is 10. The molecule has 5 rings (SSSR count). The van der Waals surface area contributed by atoms with Crippen molar-refractivity contribution in [1.29, 1.82) is 0 Å². The molecule has 3 aromatic rings. The molecule has 3 unspecified atom stereocenters. The van der Waals surface area contributed by atoms with E-state index in [2.05, 4.69) is 18.7 Å². The van der Waals surface area contributed by atoms with E-state index in [0.29, 0.717) is 23.7 Å². The summed E-state index contributed by atoms with van der Waals surface area (Å²) < 4.78 is 23.4. The first-order valence-corrected chi connectivity index (χ1v) is 14.4. The van der Waals surface area contributed by atoms with Gasteiger partial charge in [0.2, 0.25) is 5.60 Å². The van der Waals surface area contributed by atoms with Crippen LogP contribution in [0.5, 0.6) is 11.5 Å². The predicted molar refractivity (Wildman–Crippen MR) is 155 cm³/mol. The Labute approximate surface area is 255 Å². The Morgan fingerprint density at radius 3 is 2.00 bits per heavy atom. The summed E-state index contributed by atoms with van der Waals surface area (Å²) in [5.74, 6) is -4.75. The largest absolute Gasteiger partial charge is 0.497 e. The van der Waals surface area contributed by atoms with E-state index in [1.165, 1.54) is 19.2 Å². The number of esters is 2. The van der Waals surface area contributed by atoms with Crippen molar-refractivity contribution in [2.75, 3.05) is 33.4 Å². The number of nitrogens with zero attached hydrogens (tertiary/aromatic N) is 1. The Balaban J connectivity index is 1.73. The molecule has 0 aromatic heterocycles. The van der Waals surface area contributed by atoms with Gasteiger partial charge in [0, 0.05) is 23.2 Å². The summed E-state index contributed by atoms with van der Waals surface area (Å²) >= 11 is 0. The molecule has 2 bridgehead atoms. The van der Waals surface area contributed by atoms with E-state index in [1.807, 2.05) is 0 Å². The second-order valence-corrected chi connectivity index (χ2v) is 10.6. The molecule has 2 heterocycles. The van der Waals surface area contributed by atoms with Crippen molar-refractivity contribution in [3.05, 3.63) is 95.6 Å². The van der Waals surface area contributed by atoms with Crippen LogP contribution < -0.4 is 9.47 Å². The summed E-state index contributed by atoms with van der Waals surface area (Å²) in [6, 6.07) is 21.4. The van der Waals surface area contributed by atoms with Gasteiger partial charge in [0.1, 0.15) is 18.1 Å². The van der Waals surface area contributed by atoms with E-state index in [4.69, 9.17) is 28.7 Å². The van der Waals surface area contributed by atoms with Gasteiger partial charge >= 0.3 is 23.7 Å². The van der Waals surface area contributed by atoms with Crippen molar-refractivity contribution in [3.63, 3.8) is 0 Å². The molecular weight excluding hydrogens is 570 g/mol. The van der Waals surface area contributed by atoms with Crippen molar-refractivity contribution in [1.82, 2.24) is 4.90 Å². The summed E-state index contributed by atoms with van der Waals surface area (Å²) in [4.78, 5) is 53.8. The molecule has 0 saturated carbocycles. The van der Waals surface area contributed by atoms with Gasteiger partial charge < -0.3 is 29.0 Å². The van der Waals surface area contributed by atoms with E-state index in [0.717, 1.165) is 19.6 Å². The zero-order valence-corrected chi connectivity index (χ0v) is 24.8. The van der Waals surface area contributed by atoms with Gasteiger partial charge in [-0.2, -0.15) is 4.89 Å². The third-order valence-corrected chi connectivity index (χ3v) is 7.95. The van der Waals surface area contributed by atoms with Crippen LogP contribution in [0.3, 0.4) is 0 Å². The Hall–Kier alpha value is -4.45. The SMILES string of the molecule is CCN(CC)CCOc1ccc(C2(c3ccccc3)OOC(=O)CC3(O)CC(=O)OC2(c2ccc(OC)cc2)OC3=O)cc1. The minimum atomic E-state index is -2.55. The Bertz CT molecular complexity index is 1470. The number of likely N-dealkylation sites (N-methyl/N-ethyl adjacent to an activating group) is 1. The lowest BCUT2D eigenvalue weighted by molar-refractivity contribution is -0.401. The van der Waals surface area contributed by atoms with Gasteiger partial charge in [-0.3, -0.25) is 9.68 Å². The molecule has 3 atom stereocenters. The Kier molecular flexibility index (Phi) is 8.91. The molecule has 11 heteroatoms. The maximum atomic E-state index is 13.7. The number of carbonyl (C=O) groups is 3. The van der Waals surface area contributed by atoms with Gasteiger partial charge in [-0.05, 0) is 49.5 Å². The van der Waals surface area contributed by atoms with E-state index in [9.17, 15) is 19.5 Å². The Morgan fingerprint density at radius 1 is 0.773 bits per heavy atom. The third-order valence-electron chi connectivity index (χ3n) is 7.95. The van der Waals surface area contributed by atoms with Crippen LogP contribution in [0.15, 0.2) is 78.9 Å². The average Bonchev–Trinajstić information content (AvgIpc) is 3.11. The number of carbonyl (C=O) groups excluding carboxylic acids is 3. The highest BCUT2D eigenvalue weighted by molar-refractivity contribution is 5.92. The zero-order valence-electron chi connectivity index (χ0n) is 24.8. The lowest BCUT2D eigenvalue weighted by Crippen LogP contribution is -2.56. The average molecular weight is 606 g/mol. The second-order valence-electron chi connectivity index (χ2n) is 10.6. The fourth-order valence-electron chi connectivity index (χ4n) is 5.53. The van der Waals surface area contributed by atoms with Gasteiger partial charge in [-0.1, -0.05) is 56.3 Å². The quantitative estimate of drug-likeness (QED) is 0.269. The van der Waals surface area contributed by atoms with Crippen LogP contribution in [0, 0.1) is 0 Å². The number of hydrogen-bond donors (Lipinski definition) is 1. The van der Waals surface area contributed by atoms with E-state index in [1.54, 1.807) is 66.7 Å². The first-order valence-electron chi connectivity index (χ1n) is 14.4. The molecular formula is C33H35NO10. The fourth-order valence-corrected chi connectivity index (χ4v) is 5.53. The number of aliphatic hydroxyl groups is 1. The highest BCUT2D eigenvalue weighted by Crippen LogP contribution is 2.55. The van der Waals surface area contributed by atoms with Crippen LogP contribution in [-0.2, 0) is 45.0 Å². The van der Waals surface area contributed by atoms with Gasteiger partial charge in [-0.25, -0.2) is 9.59 Å². The van der Waals surface area contributed by atoms with E-state index in [-0.39, 0.29) is 11.1 Å². The molecule has 232 valence electrons. The van der Waals surface area contributed by atoms with Crippen molar-refractivity contribution < 1.29 is 48.2 Å². The van der Waals surface area contributed by atoms with Gasteiger partial charge in [0.15, 0.2) is 5.60 Å².